The number of hydrogen-bond donors (Lipinski definition) is 2. The van der Waals surface area contributed by atoms with E-state index in [1.54, 1.807) is 30.5 Å². The van der Waals surface area contributed by atoms with Crippen molar-refractivity contribution in [1.29, 1.82) is 0 Å². The number of aromatic nitrogens is 1. The van der Waals surface area contributed by atoms with Gasteiger partial charge in [0.05, 0.1) is 11.2 Å². The van der Waals surface area contributed by atoms with Gasteiger partial charge in [-0.2, -0.15) is 0 Å². The van der Waals surface area contributed by atoms with E-state index >= 15 is 0 Å². The molecule has 0 unspecified atom stereocenters. The molecule has 1 fully saturated rings. The van der Waals surface area contributed by atoms with E-state index in [0.29, 0.717) is 35.9 Å². The second kappa shape index (κ2) is 9.08. The molecule has 6 nitrogen and oxygen atoms in total. The summed E-state index contributed by atoms with van der Waals surface area (Å²) in [4.78, 5) is 27.8. The van der Waals surface area contributed by atoms with E-state index in [0.717, 1.165) is 18.7 Å². The van der Waals surface area contributed by atoms with E-state index in [1.807, 2.05) is 22.5 Å². The monoisotopic (exact) mass is 442 g/mol. The molecule has 31 heavy (non-hydrogen) atoms. The van der Waals surface area contributed by atoms with Crippen molar-refractivity contribution in [2.45, 2.75) is 20.0 Å². The van der Waals surface area contributed by atoms with E-state index in [9.17, 15) is 14.0 Å². The molecule has 1 aliphatic rings. The first-order chi connectivity index (χ1) is 15.0. The summed E-state index contributed by atoms with van der Waals surface area (Å²) in [5.41, 5.74) is 1.44. The van der Waals surface area contributed by atoms with Crippen molar-refractivity contribution < 1.29 is 9.18 Å². The van der Waals surface area contributed by atoms with Crippen LogP contribution in [-0.4, -0.2) is 36.7 Å². The number of hydrogen-bond acceptors (Lipinski definition) is 4. The van der Waals surface area contributed by atoms with Crippen molar-refractivity contribution in [3.8, 4) is 0 Å². The van der Waals surface area contributed by atoms with Gasteiger partial charge in [0, 0.05) is 55.9 Å². The average Bonchev–Trinajstić information content (AvgIpc) is 2.78. The Hall–Kier alpha value is -2.90. The molecule has 162 valence electrons. The second-order valence-electron chi connectivity index (χ2n) is 7.53. The van der Waals surface area contributed by atoms with Gasteiger partial charge in [-0.25, -0.2) is 4.39 Å². The van der Waals surface area contributed by atoms with Crippen LogP contribution in [-0.2, 0) is 13.1 Å². The Kier molecular flexibility index (Phi) is 6.25. The number of aryl methyl sites for hydroxylation is 1. The number of amides is 1. The summed E-state index contributed by atoms with van der Waals surface area (Å²) in [7, 11) is 0. The fourth-order valence-corrected chi connectivity index (χ4v) is 4.11. The number of carbonyl (C=O) groups excluding carboxylic acids is 1. The number of fused-ring (bicyclic) bond motifs is 1. The van der Waals surface area contributed by atoms with Crippen LogP contribution in [0.1, 0.15) is 22.8 Å². The van der Waals surface area contributed by atoms with Gasteiger partial charge in [-0.1, -0.05) is 23.7 Å². The summed E-state index contributed by atoms with van der Waals surface area (Å²) < 4.78 is 16.8. The third kappa shape index (κ3) is 4.43. The van der Waals surface area contributed by atoms with Crippen molar-refractivity contribution in [3.63, 3.8) is 0 Å². The Morgan fingerprint density at radius 2 is 2.00 bits per heavy atom. The molecule has 4 rings (SSSR count). The maximum atomic E-state index is 14.9. The normalized spacial score (nSPS) is 14.1. The fourth-order valence-electron chi connectivity index (χ4n) is 3.90. The van der Waals surface area contributed by atoms with Crippen molar-refractivity contribution in [3.05, 3.63) is 74.8 Å². The number of nitrogens with zero attached hydrogens (tertiary/aromatic N) is 2. The number of halogens is 2. The summed E-state index contributed by atoms with van der Waals surface area (Å²) >= 11 is 5.98. The van der Waals surface area contributed by atoms with Gasteiger partial charge in [-0.05, 0) is 36.8 Å². The number of nitrogens with one attached hydrogen (secondary N) is 2. The van der Waals surface area contributed by atoms with Gasteiger partial charge in [0.25, 0.3) is 5.91 Å². The SMILES string of the molecule is CCn1cc(C(=O)NCc2cccc(Cl)c2)c(=O)c2cc(F)c(N3CCNCC3)cc21. The first kappa shape index (κ1) is 21.3. The molecule has 1 amide bonds. The molecule has 0 spiro atoms. The zero-order valence-corrected chi connectivity index (χ0v) is 18.0. The molecule has 0 saturated carbocycles. The number of rotatable bonds is 5. The molecule has 1 aliphatic heterocycles. The minimum atomic E-state index is -0.499. The highest BCUT2D eigenvalue weighted by molar-refractivity contribution is 6.30. The molecule has 2 N–H and O–H groups in total. The van der Waals surface area contributed by atoms with Crippen LogP contribution < -0.4 is 21.0 Å². The third-order valence-corrected chi connectivity index (χ3v) is 5.77. The van der Waals surface area contributed by atoms with Crippen LogP contribution in [0.25, 0.3) is 10.9 Å². The summed E-state index contributed by atoms with van der Waals surface area (Å²) in [5, 5.41) is 6.78. The Balaban J connectivity index is 1.69. The van der Waals surface area contributed by atoms with Crippen LogP contribution in [0.5, 0.6) is 0 Å². The van der Waals surface area contributed by atoms with Crippen molar-refractivity contribution in [1.82, 2.24) is 15.2 Å². The number of pyridine rings is 1. The lowest BCUT2D eigenvalue weighted by molar-refractivity contribution is 0.0949. The van der Waals surface area contributed by atoms with Crippen LogP contribution >= 0.6 is 11.6 Å². The predicted molar refractivity (Wildman–Crippen MR) is 122 cm³/mol. The van der Waals surface area contributed by atoms with E-state index < -0.39 is 17.2 Å². The van der Waals surface area contributed by atoms with Gasteiger partial charge in [-0.15, -0.1) is 0 Å². The van der Waals surface area contributed by atoms with Gasteiger partial charge in [0.1, 0.15) is 11.4 Å². The van der Waals surface area contributed by atoms with Gasteiger partial charge < -0.3 is 20.1 Å². The summed E-state index contributed by atoms with van der Waals surface area (Å²) in [5.74, 6) is -0.952. The number of anilines is 1. The average molecular weight is 443 g/mol. The quantitative estimate of drug-likeness (QED) is 0.637. The van der Waals surface area contributed by atoms with Crippen LogP contribution in [0, 0.1) is 5.82 Å². The Labute approximate surface area is 184 Å². The van der Waals surface area contributed by atoms with E-state index in [4.69, 9.17) is 11.6 Å². The highest BCUT2D eigenvalue weighted by atomic mass is 35.5. The first-order valence-electron chi connectivity index (χ1n) is 10.3. The van der Waals surface area contributed by atoms with E-state index in [-0.39, 0.29) is 17.5 Å². The number of carbonyl (C=O) groups is 1. The van der Waals surface area contributed by atoms with Gasteiger partial charge in [0.15, 0.2) is 0 Å². The zero-order chi connectivity index (χ0) is 22.0. The fraction of sp³-hybridized carbons (Fsp3) is 0.304. The molecule has 2 heterocycles. The molecular formula is C23H24ClFN4O2. The lowest BCUT2D eigenvalue weighted by atomic mass is 10.1. The number of benzene rings is 2. The highest BCUT2D eigenvalue weighted by Gasteiger charge is 2.20. The Bertz CT molecular complexity index is 1190. The molecule has 0 atom stereocenters. The zero-order valence-electron chi connectivity index (χ0n) is 17.3. The van der Waals surface area contributed by atoms with Crippen molar-refractivity contribution >= 4 is 34.1 Å². The molecule has 0 aliphatic carbocycles. The van der Waals surface area contributed by atoms with Crippen molar-refractivity contribution in [2.24, 2.45) is 0 Å². The van der Waals surface area contributed by atoms with Crippen LogP contribution in [0.4, 0.5) is 10.1 Å². The maximum Gasteiger partial charge on any atom is 0.257 e. The predicted octanol–water partition coefficient (Wildman–Crippen LogP) is 3.15. The largest absolute Gasteiger partial charge is 0.367 e. The first-order valence-corrected chi connectivity index (χ1v) is 10.7. The molecule has 0 radical (unpaired) electrons. The minimum Gasteiger partial charge on any atom is -0.367 e. The van der Waals surface area contributed by atoms with Gasteiger partial charge in [0.2, 0.25) is 5.43 Å². The second-order valence-corrected chi connectivity index (χ2v) is 7.96. The van der Waals surface area contributed by atoms with E-state index in [2.05, 4.69) is 10.6 Å². The smallest absolute Gasteiger partial charge is 0.257 e. The lowest BCUT2D eigenvalue weighted by Gasteiger charge is -2.30. The third-order valence-electron chi connectivity index (χ3n) is 5.53. The topological polar surface area (TPSA) is 66.4 Å². The summed E-state index contributed by atoms with van der Waals surface area (Å²) in [6.07, 6.45) is 1.55. The molecule has 1 aromatic heterocycles. The van der Waals surface area contributed by atoms with Crippen LogP contribution in [0.2, 0.25) is 5.02 Å². The van der Waals surface area contributed by atoms with E-state index in [1.165, 1.54) is 6.07 Å². The molecule has 2 aromatic carbocycles. The van der Waals surface area contributed by atoms with Crippen molar-refractivity contribution in [2.75, 3.05) is 31.1 Å². The van der Waals surface area contributed by atoms with Crippen LogP contribution in [0.15, 0.2) is 47.4 Å². The molecule has 1 saturated heterocycles. The van der Waals surface area contributed by atoms with Gasteiger partial charge in [-0.3, -0.25) is 9.59 Å². The minimum absolute atomic E-state index is 0.00861. The molecule has 0 bridgehead atoms. The summed E-state index contributed by atoms with van der Waals surface area (Å²) in [6, 6.07) is 10.1. The molecule has 8 heteroatoms. The summed E-state index contributed by atoms with van der Waals surface area (Å²) in [6.45, 7) is 5.65. The highest BCUT2D eigenvalue weighted by Crippen LogP contribution is 2.25. The van der Waals surface area contributed by atoms with Gasteiger partial charge >= 0.3 is 0 Å². The Morgan fingerprint density at radius 1 is 1.23 bits per heavy atom. The number of piperazine rings is 1. The molecule has 3 aromatic rings. The van der Waals surface area contributed by atoms with Crippen LogP contribution in [0.3, 0.4) is 0 Å². The molecular weight excluding hydrogens is 419 g/mol. The Morgan fingerprint density at radius 3 is 2.71 bits per heavy atom. The standard InChI is InChI=1S/C23H24ClFN4O2/c1-2-28-14-18(23(31)27-13-15-4-3-5-16(24)10-15)22(30)17-11-19(25)21(12-20(17)28)29-8-6-26-7-9-29/h3-5,10-12,14,26H,2,6-9,13H2,1H3,(H,27,31). The lowest BCUT2D eigenvalue weighted by Crippen LogP contribution is -2.44. The maximum absolute atomic E-state index is 14.9.